The van der Waals surface area contributed by atoms with E-state index in [2.05, 4.69) is 18.7 Å². The first-order valence-electron chi connectivity index (χ1n) is 6.05. The van der Waals surface area contributed by atoms with Crippen molar-refractivity contribution in [1.29, 1.82) is 0 Å². The van der Waals surface area contributed by atoms with Crippen molar-refractivity contribution in [2.45, 2.75) is 52.4 Å². The molecule has 1 aliphatic heterocycles. The second kappa shape index (κ2) is 6.05. The molecule has 1 fully saturated rings. The van der Waals surface area contributed by atoms with Gasteiger partial charge in [0.2, 0.25) is 5.91 Å². The molecule has 0 atom stereocenters. The van der Waals surface area contributed by atoms with E-state index in [1.165, 1.54) is 25.7 Å². The molecule has 0 saturated carbocycles. The van der Waals surface area contributed by atoms with Gasteiger partial charge < -0.3 is 4.90 Å². The zero-order chi connectivity index (χ0) is 10.4. The maximum Gasteiger partial charge on any atom is 0.222 e. The quantitative estimate of drug-likeness (QED) is 0.663. The van der Waals surface area contributed by atoms with Gasteiger partial charge in [-0.2, -0.15) is 0 Å². The normalized spacial score (nSPS) is 17.9. The maximum absolute atomic E-state index is 11.5. The summed E-state index contributed by atoms with van der Waals surface area (Å²) < 4.78 is 0. The molecule has 1 heterocycles. The predicted molar refractivity (Wildman–Crippen MR) is 59.1 cm³/mol. The van der Waals surface area contributed by atoms with Crippen LogP contribution in [-0.2, 0) is 4.79 Å². The van der Waals surface area contributed by atoms with Gasteiger partial charge in [-0.25, -0.2) is 0 Å². The molecule has 1 rings (SSSR count). The summed E-state index contributed by atoms with van der Waals surface area (Å²) in [7, 11) is 0. The summed E-state index contributed by atoms with van der Waals surface area (Å²) in [6.07, 6.45) is 6.77. The first-order valence-corrected chi connectivity index (χ1v) is 6.05. The lowest BCUT2D eigenvalue weighted by Gasteiger charge is -2.28. The van der Waals surface area contributed by atoms with Crippen LogP contribution in [0, 0.1) is 5.92 Å². The van der Waals surface area contributed by atoms with Crippen LogP contribution in [0.3, 0.4) is 0 Å². The molecule has 1 saturated heterocycles. The summed E-state index contributed by atoms with van der Waals surface area (Å²) in [6, 6.07) is 0. The van der Waals surface area contributed by atoms with Gasteiger partial charge in [-0.15, -0.1) is 0 Å². The summed E-state index contributed by atoms with van der Waals surface area (Å²) in [4.78, 5) is 13.6. The summed E-state index contributed by atoms with van der Waals surface area (Å²) >= 11 is 0. The first-order chi connectivity index (χ1) is 6.77. The largest absolute Gasteiger partial charge is 0.343 e. The number of rotatable bonds is 5. The van der Waals surface area contributed by atoms with Crippen LogP contribution in [0.1, 0.15) is 52.4 Å². The summed E-state index contributed by atoms with van der Waals surface area (Å²) in [5, 5.41) is 0. The number of amides is 1. The molecule has 1 aliphatic rings. The molecule has 0 spiro atoms. The Morgan fingerprint density at radius 3 is 2.57 bits per heavy atom. The van der Waals surface area contributed by atoms with Crippen molar-refractivity contribution >= 4 is 5.91 Å². The Bertz CT molecular complexity index is 175. The highest BCUT2D eigenvalue weighted by molar-refractivity contribution is 5.76. The van der Waals surface area contributed by atoms with Crippen LogP contribution in [0.25, 0.3) is 0 Å². The lowest BCUT2D eigenvalue weighted by molar-refractivity contribution is -0.133. The van der Waals surface area contributed by atoms with Gasteiger partial charge in [0.25, 0.3) is 0 Å². The lowest BCUT2D eigenvalue weighted by Crippen LogP contribution is -2.36. The molecular weight excluding hydrogens is 174 g/mol. The van der Waals surface area contributed by atoms with Crippen LogP contribution in [0.4, 0.5) is 0 Å². The Hall–Kier alpha value is -0.530. The number of piperidine rings is 1. The average molecular weight is 197 g/mol. The van der Waals surface area contributed by atoms with E-state index in [-0.39, 0.29) is 0 Å². The van der Waals surface area contributed by atoms with Gasteiger partial charge in [0.05, 0.1) is 0 Å². The summed E-state index contributed by atoms with van der Waals surface area (Å²) in [5.41, 5.74) is 0. The monoisotopic (exact) mass is 197 g/mol. The third-order valence-corrected chi connectivity index (χ3v) is 3.38. The van der Waals surface area contributed by atoms with Crippen LogP contribution >= 0.6 is 0 Å². The maximum atomic E-state index is 11.5. The minimum absolute atomic E-state index is 0.377. The van der Waals surface area contributed by atoms with E-state index in [4.69, 9.17) is 0 Å². The topological polar surface area (TPSA) is 20.3 Å². The minimum atomic E-state index is 0.377. The molecule has 0 N–H and O–H groups in total. The van der Waals surface area contributed by atoms with Crippen molar-refractivity contribution in [1.82, 2.24) is 4.90 Å². The third-order valence-electron chi connectivity index (χ3n) is 3.38. The van der Waals surface area contributed by atoms with E-state index >= 15 is 0 Å². The number of hydrogen-bond donors (Lipinski definition) is 0. The van der Waals surface area contributed by atoms with Gasteiger partial charge in [-0.1, -0.05) is 26.7 Å². The third kappa shape index (κ3) is 3.32. The molecule has 2 heteroatoms. The van der Waals surface area contributed by atoms with E-state index in [9.17, 15) is 4.79 Å². The van der Waals surface area contributed by atoms with Crippen LogP contribution < -0.4 is 0 Å². The van der Waals surface area contributed by atoms with E-state index in [0.717, 1.165) is 31.8 Å². The van der Waals surface area contributed by atoms with Gasteiger partial charge in [0.15, 0.2) is 0 Å². The number of carbonyl (C=O) groups excluding carboxylic acids is 1. The van der Waals surface area contributed by atoms with E-state index in [1.807, 2.05) is 0 Å². The summed E-state index contributed by atoms with van der Waals surface area (Å²) in [5.74, 6) is 1.19. The smallest absolute Gasteiger partial charge is 0.222 e. The Morgan fingerprint density at radius 1 is 1.29 bits per heavy atom. The van der Waals surface area contributed by atoms with E-state index in [1.54, 1.807) is 0 Å². The van der Waals surface area contributed by atoms with Crippen molar-refractivity contribution in [3.05, 3.63) is 0 Å². The second-order valence-corrected chi connectivity index (χ2v) is 4.31. The Kier molecular flexibility index (Phi) is 4.99. The fourth-order valence-electron chi connectivity index (χ4n) is 2.13. The molecule has 0 bridgehead atoms. The van der Waals surface area contributed by atoms with Crippen LogP contribution in [0.2, 0.25) is 0 Å². The van der Waals surface area contributed by atoms with Gasteiger partial charge in [-0.3, -0.25) is 4.79 Å². The van der Waals surface area contributed by atoms with Gasteiger partial charge >= 0.3 is 0 Å². The molecule has 2 nitrogen and oxygen atoms in total. The second-order valence-electron chi connectivity index (χ2n) is 4.31. The molecule has 1 amide bonds. The molecule has 14 heavy (non-hydrogen) atoms. The fraction of sp³-hybridized carbons (Fsp3) is 0.917. The molecule has 0 unspecified atom stereocenters. The Labute approximate surface area is 87.7 Å². The first kappa shape index (κ1) is 11.5. The van der Waals surface area contributed by atoms with E-state index in [0.29, 0.717) is 5.91 Å². The number of carbonyl (C=O) groups is 1. The lowest BCUT2D eigenvalue weighted by atomic mass is 9.98. The highest BCUT2D eigenvalue weighted by Crippen LogP contribution is 2.16. The summed E-state index contributed by atoms with van der Waals surface area (Å²) in [6.45, 7) is 6.47. The molecule has 82 valence electrons. The van der Waals surface area contributed by atoms with Crippen molar-refractivity contribution in [3.63, 3.8) is 0 Å². The highest BCUT2D eigenvalue weighted by Gasteiger charge is 2.18. The van der Waals surface area contributed by atoms with Crippen molar-refractivity contribution in [2.75, 3.05) is 13.1 Å². The van der Waals surface area contributed by atoms with Gasteiger partial charge in [0.1, 0.15) is 0 Å². The number of hydrogen-bond acceptors (Lipinski definition) is 1. The van der Waals surface area contributed by atoms with Crippen LogP contribution in [0.15, 0.2) is 0 Å². The van der Waals surface area contributed by atoms with Crippen LogP contribution in [-0.4, -0.2) is 23.9 Å². The molecule has 0 aromatic carbocycles. The van der Waals surface area contributed by atoms with E-state index < -0.39 is 0 Å². The molecular formula is C12H23NO. The zero-order valence-corrected chi connectivity index (χ0v) is 9.59. The van der Waals surface area contributed by atoms with Crippen molar-refractivity contribution in [3.8, 4) is 0 Å². The Balaban J connectivity index is 2.25. The zero-order valence-electron chi connectivity index (χ0n) is 9.59. The predicted octanol–water partition coefficient (Wildman–Crippen LogP) is 2.83. The SMILES string of the molecule is CCC(CC)CCN1CCCCC1=O. The molecule has 0 aromatic heterocycles. The fourth-order valence-corrected chi connectivity index (χ4v) is 2.13. The van der Waals surface area contributed by atoms with Crippen molar-refractivity contribution < 1.29 is 4.79 Å². The van der Waals surface area contributed by atoms with Crippen LogP contribution in [0.5, 0.6) is 0 Å². The van der Waals surface area contributed by atoms with Gasteiger partial charge in [0, 0.05) is 19.5 Å². The van der Waals surface area contributed by atoms with Gasteiger partial charge in [-0.05, 0) is 25.2 Å². The van der Waals surface area contributed by atoms with Crippen molar-refractivity contribution in [2.24, 2.45) is 5.92 Å². The number of nitrogens with zero attached hydrogens (tertiary/aromatic N) is 1. The number of likely N-dealkylation sites (tertiary alicyclic amines) is 1. The molecule has 0 radical (unpaired) electrons. The Morgan fingerprint density at radius 2 is 2.00 bits per heavy atom. The standard InChI is InChI=1S/C12H23NO/c1-3-11(4-2)8-10-13-9-6-5-7-12(13)14/h11H,3-10H2,1-2H3. The highest BCUT2D eigenvalue weighted by atomic mass is 16.2. The average Bonchev–Trinajstić information content (AvgIpc) is 2.22. The molecule has 0 aromatic rings. The molecule has 0 aliphatic carbocycles. The minimum Gasteiger partial charge on any atom is -0.343 e.